The smallest absolute Gasteiger partial charge is 0.230 e. The molecular formula is C12H14F2N2O. The van der Waals surface area contributed by atoms with Crippen LogP contribution in [0.2, 0.25) is 0 Å². The molecule has 0 unspecified atom stereocenters. The number of hydrogen-bond acceptors (Lipinski definition) is 2. The van der Waals surface area contributed by atoms with Crippen molar-refractivity contribution in [3.8, 4) is 0 Å². The van der Waals surface area contributed by atoms with Crippen molar-refractivity contribution in [3.05, 3.63) is 29.8 Å². The third-order valence-corrected chi connectivity index (χ3v) is 3.13. The SMILES string of the molecule is CN(C(=O)C1CC(N)C1)c1ccc(F)cc1F. The molecule has 1 saturated carbocycles. The van der Waals surface area contributed by atoms with Crippen LogP contribution in [-0.4, -0.2) is 19.0 Å². The normalized spacial score (nSPS) is 23.1. The summed E-state index contributed by atoms with van der Waals surface area (Å²) in [6.45, 7) is 0. The molecule has 5 heteroatoms. The number of rotatable bonds is 2. The molecule has 2 rings (SSSR count). The van der Waals surface area contributed by atoms with Gasteiger partial charge in [-0.25, -0.2) is 8.78 Å². The van der Waals surface area contributed by atoms with Crippen molar-refractivity contribution in [2.24, 2.45) is 11.7 Å². The van der Waals surface area contributed by atoms with Gasteiger partial charge >= 0.3 is 0 Å². The van der Waals surface area contributed by atoms with Gasteiger partial charge in [0.25, 0.3) is 0 Å². The van der Waals surface area contributed by atoms with Gasteiger partial charge in [0, 0.05) is 25.1 Å². The predicted octanol–water partition coefficient (Wildman–Crippen LogP) is 1.66. The molecule has 92 valence electrons. The van der Waals surface area contributed by atoms with Crippen molar-refractivity contribution < 1.29 is 13.6 Å². The zero-order valence-corrected chi connectivity index (χ0v) is 9.49. The summed E-state index contributed by atoms with van der Waals surface area (Å²) < 4.78 is 26.2. The molecule has 0 spiro atoms. The fraction of sp³-hybridized carbons (Fsp3) is 0.417. The van der Waals surface area contributed by atoms with E-state index in [1.165, 1.54) is 18.0 Å². The molecule has 0 saturated heterocycles. The molecule has 1 fully saturated rings. The van der Waals surface area contributed by atoms with E-state index < -0.39 is 11.6 Å². The molecule has 1 aromatic carbocycles. The highest BCUT2D eigenvalue weighted by Gasteiger charge is 2.34. The van der Waals surface area contributed by atoms with Gasteiger partial charge in [0.1, 0.15) is 11.6 Å². The Balaban J connectivity index is 2.13. The number of carbonyl (C=O) groups is 1. The largest absolute Gasteiger partial charge is 0.328 e. The van der Waals surface area contributed by atoms with Crippen LogP contribution in [0.15, 0.2) is 18.2 Å². The molecule has 0 aromatic heterocycles. The number of carbonyl (C=O) groups excluding carboxylic acids is 1. The van der Waals surface area contributed by atoms with Gasteiger partial charge in [0.15, 0.2) is 0 Å². The molecule has 2 N–H and O–H groups in total. The summed E-state index contributed by atoms with van der Waals surface area (Å²) in [5, 5.41) is 0. The minimum absolute atomic E-state index is 0.0652. The summed E-state index contributed by atoms with van der Waals surface area (Å²) >= 11 is 0. The Kier molecular flexibility index (Phi) is 3.11. The van der Waals surface area contributed by atoms with Crippen LogP contribution in [0.3, 0.4) is 0 Å². The Morgan fingerprint density at radius 1 is 1.41 bits per heavy atom. The quantitative estimate of drug-likeness (QED) is 0.854. The lowest BCUT2D eigenvalue weighted by Crippen LogP contribution is -2.45. The van der Waals surface area contributed by atoms with E-state index in [4.69, 9.17) is 5.73 Å². The van der Waals surface area contributed by atoms with Gasteiger partial charge in [-0.05, 0) is 25.0 Å². The Hall–Kier alpha value is -1.49. The zero-order valence-electron chi connectivity index (χ0n) is 9.49. The highest BCUT2D eigenvalue weighted by molar-refractivity contribution is 5.95. The lowest BCUT2D eigenvalue weighted by atomic mass is 9.80. The van der Waals surface area contributed by atoms with Crippen molar-refractivity contribution in [2.75, 3.05) is 11.9 Å². The van der Waals surface area contributed by atoms with Crippen LogP contribution < -0.4 is 10.6 Å². The molecule has 0 bridgehead atoms. The fourth-order valence-electron chi connectivity index (χ4n) is 2.01. The van der Waals surface area contributed by atoms with Crippen LogP contribution in [0, 0.1) is 17.6 Å². The van der Waals surface area contributed by atoms with Gasteiger partial charge in [-0.2, -0.15) is 0 Å². The lowest BCUT2D eigenvalue weighted by Gasteiger charge is -2.34. The predicted molar refractivity (Wildman–Crippen MR) is 60.5 cm³/mol. The van der Waals surface area contributed by atoms with Crippen LogP contribution >= 0.6 is 0 Å². The number of hydrogen-bond donors (Lipinski definition) is 1. The van der Waals surface area contributed by atoms with Crippen molar-refractivity contribution in [1.29, 1.82) is 0 Å². The van der Waals surface area contributed by atoms with Gasteiger partial charge < -0.3 is 10.6 Å². The Labute approximate surface area is 98.2 Å². The average molecular weight is 240 g/mol. The zero-order chi connectivity index (χ0) is 12.6. The van der Waals surface area contributed by atoms with Gasteiger partial charge in [0.05, 0.1) is 5.69 Å². The van der Waals surface area contributed by atoms with E-state index in [1.54, 1.807) is 0 Å². The van der Waals surface area contributed by atoms with E-state index in [0.717, 1.165) is 12.1 Å². The molecule has 1 amide bonds. The Morgan fingerprint density at radius 3 is 2.59 bits per heavy atom. The molecule has 1 aromatic rings. The third kappa shape index (κ3) is 2.29. The molecule has 0 radical (unpaired) electrons. The number of nitrogens with zero attached hydrogens (tertiary/aromatic N) is 1. The van der Waals surface area contributed by atoms with Gasteiger partial charge in [-0.1, -0.05) is 0 Å². The molecular weight excluding hydrogens is 226 g/mol. The fourth-order valence-corrected chi connectivity index (χ4v) is 2.01. The van der Waals surface area contributed by atoms with Crippen molar-refractivity contribution >= 4 is 11.6 Å². The van der Waals surface area contributed by atoms with E-state index in [0.29, 0.717) is 12.8 Å². The molecule has 1 aliphatic rings. The molecule has 3 nitrogen and oxygen atoms in total. The Bertz CT molecular complexity index is 444. The third-order valence-electron chi connectivity index (χ3n) is 3.13. The van der Waals surface area contributed by atoms with Crippen molar-refractivity contribution in [1.82, 2.24) is 0 Å². The van der Waals surface area contributed by atoms with Gasteiger partial charge in [0.2, 0.25) is 5.91 Å². The number of nitrogens with two attached hydrogens (primary N) is 1. The van der Waals surface area contributed by atoms with Gasteiger partial charge in [-0.3, -0.25) is 4.79 Å². The summed E-state index contributed by atoms with van der Waals surface area (Å²) in [5.74, 6) is -1.70. The van der Waals surface area contributed by atoms with Crippen LogP contribution in [0.5, 0.6) is 0 Å². The maximum Gasteiger partial charge on any atom is 0.230 e. The first kappa shape index (κ1) is 12.0. The summed E-state index contributed by atoms with van der Waals surface area (Å²) in [5.41, 5.74) is 5.70. The Morgan fingerprint density at radius 2 is 2.06 bits per heavy atom. The van der Waals surface area contributed by atoms with Crippen LogP contribution in [-0.2, 0) is 4.79 Å². The maximum atomic E-state index is 13.5. The van der Waals surface area contributed by atoms with E-state index in [9.17, 15) is 13.6 Å². The van der Waals surface area contributed by atoms with Crippen LogP contribution in [0.25, 0.3) is 0 Å². The highest BCUT2D eigenvalue weighted by atomic mass is 19.1. The second-order valence-electron chi connectivity index (χ2n) is 4.42. The molecule has 0 atom stereocenters. The first-order valence-corrected chi connectivity index (χ1v) is 5.47. The number of anilines is 1. The lowest BCUT2D eigenvalue weighted by molar-refractivity contribution is -0.124. The minimum Gasteiger partial charge on any atom is -0.328 e. The van der Waals surface area contributed by atoms with Crippen molar-refractivity contribution in [2.45, 2.75) is 18.9 Å². The van der Waals surface area contributed by atoms with Crippen molar-refractivity contribution in [3.63, 3.8) is 0 Å². The molecule has 1 aliphatic carbocycles. The molecule has 17 heavy (non-hydrogen) atoms. The maximum absolute atomic E-state index is 13.5. The number of halogens is 2. The first-order valence-electron chi connectivity index (χ1n) is 5.47. The summed E-state index contributed by atoms with van der Waals surface area (Å²) in [7, 11) is 1.49. The second-order valence-corrected chi connectivity index (χ2v) is 4.42. The van der Waals surface area contributed by atoms with E-state index >= 15 is 0 Å². The summed E-state index contributed by atoms with van der Waals surface area (Å²) in [4.78, 5) is 13.1. The summed E-state index contributed by atoms with van der Waals surface area (Å²) in [6, 6.07) is 3.23. The average Bonchev–Trinajstić information content (AvgIpc) is 2.23. The van der Waals surface area contributed by atoms with Gasteiger partial charge in [-0.15, -0.1) is 0 Å². The number of amides is 1. The molecule has 0 aliphatic heterocycles. The summed E-state index contributed by atoms with van der Waals surface area (Å²) in [6.07, 6.45) is 1.26. The van der Waals surface area contributed by atoms with E-state index in [-0.39, 0.29) is 23.6 Å². The van der Waals surface area contributed by atoms with E-state index in [1.807, 2.05) is 0 Å². The monoisotopic (exact) mass is 240 g/mol. The van der Waals surface area contributed by atoms with Crippen LogP contribution in [0.4, 0.5) is 14.5 Å². The number of benzene rings is 1. The highest BCUT2D eigenvalue weighted by Crippen LogP contribution is 2.29. The first-order chi connectivity index (χ1) is 7.99. The topological polar surface area (TPSA) is 46.3 Å². The minimum atomic E-state index is -0.732. The second kappa shape index (κ2) is 4.41. The van der Waals surface area contributed by atoms with Crippen LogP contribution in [0.1, 0.15) is 12.8 Å². The standard InChI is InChI=1S/C12H14F2N2O/c1-16(12(17)7-4-9(15)5-7)11-3-2-8(13)6-10(11)14/h2-3,6-7,9H,4-5,15H2,1H3. The molecule has 0 heterocycles. The van der Waals surface area contributed by atoms with E-state index in [2.05, 4.69) is 0 Å².